The van der Waals surface area contributed by atoms with Crippen molar-refractivity contribution in [2.75, 3.05) is 13.1 Å². The summed E-state index contributed by atoms with van der Waals surface area (Å²) in [5.74, 6) is 0.278. The molecule has 1 aliphatic rings. The Morgan fingerprint density at radius 3 is 2.72 bits per heavy atom. The molecule has 0 radical (unpaired) electrons. The molecular weight excluding hydrogens is 222 g/mol. The van der Waals surface area contributed by atoms with Crippen molar-refractivity contribution in [3.8, 4) is 0 Å². The topological polar surface area (TPSA) is 20.3 Å². The molecule has 2 nitrogen and oxygen atoms in total. The summed E-state index contributed by atoms with van der Waals surface area (Å²) in [5.41, 5.74) is 2.02. The van der Waals surface area contributed by atoms with Gasteiger partial charge in [-0.15, -0.1) is 0 Å². The molecular formula is C16H23NO. The van der Waals surface area contributed by atoms with Crippen LogP contribution < -0.4 is 0 Å². The lowest BCUT2D eigenvalue weighted by molar-refractivity contribution is 0.0962. The van der Waals surface area contributed by atoms with E-state index in [0.717, 1.165) is 30.3 Å². The lowest BCUT2D eigenvalue weighted by Gasteiger charge is -2.20. The van der Waals surface area contributed by atoms with Gasteiger partial charge in [-0.25, -0.2) is 0 Å². The first-order valence-electron chi connectivity index (χ1n) is 7.04. The maximum absolute atomic E-state index is 12.1. The largest absolute Gasteiger partial charge is 0.300 e. The average molecular weight is 245 g/mol. The minimum absolute atomic E-state index is 0.278. The van der Waals surface area contributed by atoms with E-state index in [1.54, 1.807) is 0 Å². The second-order valence-electron chi connectivity index (χ2n) is 5.31. The van der Waals surface area contributed by atoms with Crippen LogP contribution >= 0.6 is 0 Å². The van der Waals surface area contributed by atoms with Gasteiger partial charge in [0.2, 0.25) is 0 Å². The van der Waals surface area contributed by atoms with E-state index in [0.29, 0.717) is 6.42 Å². The highest BCUT2D eigenvalue weighted by Crippen LogP contribution is 2.27. The number of carbonyl (C=O) groups excluding carboxylic acids is 1. The van der Waals surface area contributed by atoms with Gasteiger partial charge in [0.1, 0.15) is 0 Å². The third kappa shape index (κ3) is 3.67. The van der Waals surface area contributed by atoms with Gasteiger partial charge in [-0.05, 0) is 38.8 Å². The van der Waals surface area contributed by atoms with Crippen LogP contribution in [0.3, 0.4) is 0 Å². The average Bonchev–Trinajstić information content (AvgIpc) is 3.18. The van der Waals surface area contributed by atoms with Crippen LogP contribution in [-0.4, -0.2) is 29.8 Å². The van der Waals surface area contributed by atoms with E-state index in [2.05, 4.69) is 11.8 Å². The van der Waals surface area contributed by atoms with Crippen LogP contribution in [0.2, 0.25) is 0 Å². The fourth-order valence-electron chi connectivity index (χ4n) is 2.41. The molecule has 1 fully saturated rings. The molecule has 0 unspecified atom stereocenters. The molecule has 0 spiro atoms. The van der Waals surface area contributed by atoms with Crippen molar-refractivity contribution in [2.24, 2.45) is 0 Å². The van der Waals surface area contributed by atoms with Gasteiger partial charge in [0.15, 0.2) is 5.78 Å². The summed E-state index contributed by atoms with van der Waals surface area (Å²) in [4.78, 5) is 14.6. The summed E-state index contributed by atoms with van der Waals surface area (Å²) in [6.45, 7) is 6.29. The highest BCUT2D eigenvalue weighted by Gasteiger charge is 2.28. The molecule has 0 saturated heterocycles. The SMILES string of the molecule is CCCN(CCC(=O)c1cccc(C)c1)C1CC1. The molecule has 0 aliphatic heterocycles. The number of ketones is 1. The molecule has 0 atom stereocenters. The number of Topliss-reactive ketones (excluding diaryl/α,β-unsaturated/α-hetero) is 1. The van der Waals surface area contributed by atoms with Crippen LogP contribution in [0.15, 0.2) is 24.3 Å². The van der Waals surface area contributed by atoms with Gasteiger partial charge in [0.05, 0.1) is 0 Å². The first-order chi connectivity index (χ1) is 8.70. The Morgan fingerprint density at radius 1 is 1.33 bits per heavy atom. The Labute approximate surface area is 110 Å². The summed E-state index contributed by atoms with van der Waals surface area (Å²) in [7, 11) is 0. The van der Waals surface area contributed by atoms with Crippen LogP contribution in [0.25, 0.3) is 0 Å². The molecule has 1 aliphatic carbocycles. The van der Waals surface area contributed by atoms with E-state index in [9.17, 15) is 4.79 Å². The minimum Gasteiger partial charge on any atom is -0.300 e. The van der Waals surface area contributed by atoms with Crippen molar-refractivity contribution in [2.45, 2.75) is 45.6 Å². The lowest BCUT2D eigenvalue weighted by Crippen LogP contribution is -2.29. The zero-order valence-corrected chi connectivity index (χ0v) is 11.5. The number of rotatable bonds is 7. The quantitative estimate of drug-likeness (QED) is 0.686. The Kier molecular flexibility index (Phi) is 4.54. The van der Waals surface area contributed by atoms with Gasteiger partial charge >= 0.3 is 0 Å². The minimum atomic E-state index is 0.278. The van der Waals surface area contributed by atoms with Gasteiger partial charge < -0.3 is 0 Å². The third-order valence-corrected chi connectivity index (χ3v) is 3.54. The number of aryl methyl sites for hydroxylation is 1. The molecule has 98 valence electrons. The van der Waals surface area contributed by atoms with Gasteiger partial charge in [0.25, 0.3) is 0 Å². The van der Waals surface area contributed by atoms with Crippen molar-refractivity contribution in [3.63, 3.8) is 0 Å². The van der Waals surface area contributed by atoms with E-state index in [1.807, 2.05) is 31.2 Å². The Bertz CT molecular complexity index is 409. The Morgan fingerprint density at radius 2 is 2.11 bits per heavy atom. The first-order valence-corrected chi connectivity index (χ1v) is 7.04. The van der Waals surface area contributed by atoms with Crippen LogP contribution in [0.4, 0.5) is 0 Å². The first kappa shape index (κ1) is 13.3. The van der Waals surface area contributed by atoms with E-state index in [4.69, 9.17) is 0 Å². The zero-order chi connectivity index (χ0) is 13.0. The standard InChI is InChI=1S/C16H23NO/c1-3-10-17(15-7-8-15)11-9-16(18)14-6-4-5-13(2)12-14/h4-6,12,15H,3,7-11H2,1-2H3. The molecule has 0 amide bonds. The molecule has 1 saturated carbocycles. The van der Waals surface area contributed by atoms with Crippen molar-refractivity contribution in [3.05, 3.63) is 35.4 Å². The van der Waals surface area contributed by atoms with Crippen LogP contribution in [0.1, 0.15) is 48.5 Å². The fourth-order valence-corrected chi connectivity index (χ4v) is 2.41. The maximum Gasteiger partial charge on any atom is 0.164 e. The predicted octanol–water partition coefficient (Wildman–Crippen LogP) is 3.44. The lowest BCUT2D eigenvalue weighted by atomic mass is 10.1. The van der Waals surface area contributed by atoms with Crippen LogP contribution in [0, 0.1) is 6.92 Å². The molecule has 1 aromatic carbocycles. The van der Waals surface area contributed by atoms with Crippen molar-refractivity contribution >= 4 is 5.78 Å². The van der Waals surface area contributed by atoms with Gasteiger partial charge in [0, 0.05) is 24.6 Å². The van der Waals surface area contributed by atoms with E-state index in [-0.39, 0.29) is 5.78 Å². The molecule has 0 bridgehead atoms. The highest BCUT2D eigenvalue weighted by molar-refractivity contribution is 5.96. The highest BCUT2D eigenvalue weighted by atomic mass is 16.1. The van der Waals surface area contributed by atoms with Crippen LogP contribution in [0.5, 0.6) is 0 Å². The Balaban J connectivity index is 1.87. The second-order valence-corrected chi connectivity index (χ2v) is 5.31. The Hall–Kier alpha value is -1.15. The molecule has 0 heterocycles. The van der Waals surface area contributed by atoms with Gasteiger partial charge in [-0.1, -0.05) is 30.7 Å². The summed E-state index contributed by atoms with van der Waals surface area (Å²) in [6, 6.07) is 8.67. The van der Waals surface area contributed by atoms with Gasteiger partial charge in [-0.2, -0.15) is 0 Å². The number of hydrogen-bond donors (Lipinski definition) is 0. The number of nitrogens with zero attached hydrogens (tertiary/aromatic N) is 1. The van der Waals surface area contributed by atoms with Gasteiger partial charge in [-0.3, -0.25) is 9.69 Å². The van der Waals surface area contributed by atoms with Crippen molar-refractivity contribution in [1.82, 2.24) is 4.90 Å². The molecule has 1 aromatic rings. The molecule has 0 N–H and O–H groups in total. The second kappa shape index (κ2) is 6.14. The number of hydrogen-bond acceptors (Lipinski definition) is 2. The number of benzene rings is 1. The molecule has 0 aromatic heterocycles. The fraction of sp³-hybridized carbons (Fsp3) is 0.562. The predicted molar refractivity (Wildman–Crippen MR) is 75.0 cm³/mol. The summed E-state index contributed by atoms with van der Waals surface area (Å²) >= 11 is 0. The molecule has 18 heavy (non-hydrogen) atoms. The summed E-state index contributed by atoms with van der Waals surface area (Å²) < 4.78 is 0. The summed E-state index contributed by atoms with van der Waals surface area (Å²) in [5, 5.41) is 0. The monoisotopic (exact) mass is 245 g/mol. The van der Waals surface area contributed by atoms with E-state index >= 15 is 0 Å². The van der Waals surface area contributed by atoms with E-state index < -0.39 is 0 Å². The third-order valence-electron chi connectivity index (χ3n) is 3.54. The molecule has 2 heteroatoms. The maximum atomic E-state index is 12.1. The molecule has 2 rings (SSSR count). The van der Waals surface area contributed by atoms with E-state index in [1.165, 1.54) is 19.3 Å². The number of carbonyl (C=O) groups is 1. The van der Waals surface area contributed by atoms with Crippen molar-refractivity contribution < 1.29 is 4.79 Å². The normalized spacial score (nSPS) is 15.1. The van der Waals surface area contributed by atoms with Crippen molar-refractivity contribution in [1.29, 1.82) is 0 Å². The summed E-state index contributed by atoms with van der Waals surface area (Å²) in [6.07, 6.45) is 4.46. The smallest absolute Gasteiger partial charge is 0.164 e. The zero-order valence-electron chi connectivity index (χ0n) is 11.5. The van der Waals surface area contributed by atoms with Crippen LogP contribution in [-0.2, 0) is 0 Å².